The van der Waals surface area contributed by atoms with Crippen molar-refractivity contribution in [2.75, 3.05) is 11.9 Å². The maximum absolute atomic E-state index is 5.70. The van der Waals surface area contributed by atoms with Crippen molar-refractivity contribution in [3.8, 4) is 11.4 Å². The summed E-state index contributed by atoms with van der Waals surface area (Å²) in [6, 6.07) is 41.6. The molecule has 1 aliphatic rings. The fourth-order valence-corrected chi connectivity index (χ4v) is 8.64. The number of benzene rings is 4. The van der Waals surface area contributed by atoms with Gasteiger partial charge in [0.2, 0.25) is 11.7 Å². The van der Waals surface area contributed by atoms with Crippen LogP contribution >= 0.6 is 0 Å². The molecule has 286 valence electrons. The van der Waals surface area contributed by atoms with Crippen molar-refractivity contribution in [3.05, 3.63) is 190 Å². The molecule has 7 aromatic rings. The Balaban J connectivity index is 1.39. The summed E-state index contributed by atoms with van der Waals surface area (Å²) in [6.45, 7) is 20.2. The SMILES string of the molecule is Cc1cccc(C)c1B1N(C)c2ccc(C(C)(c3ccccc3)[n+]3cc(C(C)(C)C)ccn3)cc2-c2nc([C@@H](c3ccccc3)c3cc(C(C)(C)C)ccn3)cn21. The van der Waals surface area contributed by atoms with Crippen LogP contribution in [0.25, 0.3) is 11.4 Å². The highest BCUT2D eigenvalue weighted by Gasteiger charge is 2.44. The first-order valence-electron chi connectivity index (χ1n) is 20.1. The lowest BCUT2D eigenvalue weighted by atomic mass is 9.60. The molecule has 3 aromatic heterocycles. The lowest BCUT2D eigenvalue weighted by Gasteiger charge is -2.37. The molecule has 4 aromatic carbocycles. The van der Waals surface area contributed by atoms with Crippen LogP contribution in [0.2, 0.25) is 0 Å². The monoisotopic (exact) mass is 749 g/mol. The van der Waals surface area contributed by atoms with E-state index in [1.54, 1.807) is 0 Å². The number of fused-ring (bicyclic) bond motifs is 3. The molecule has 2 atom stereocenters. The van der Waals surface area contributed by atoms with Crippen molar-refractivity contribution >= 4 is 18.1 Å². The summed E-state index contributed by atoms with van der Waals surface area (Å²) in [6.07, 6.45) is 8.41. The van der Waals surface area contributed by atoms with E-state index in [-0.39, 0.29) is 23.7 Å². The minimum Gasteiger partial charge on any atom is -0.394 e. The predicted octanol–water partition coefficient (Wildman–Crippen LogP) is 9.52. The summed E-state index contributed by atoms with van der Waals surface area (Å²) in [5.41, 5.74) is 13.2. The number of hydrogen-bond donors (Lipinski definition) is 0. The number of hydrogen-bond acceptors (Lipinski definition) is 4. The Labute approximate surface area is 339 Å². The zero-order valence-electron chi connectivity index (χ0n) is 35.1. The van der Waals surface area contributed by atoms with Gasteiger partial charge >= 0.3 is 6.98 Å². The molecule has 0 radical (unpaired) electrons. The maximum Gasteiger partial charge on any atom is 0.417 e. The Morgan fingerprint density at radius 3 is 1.95 bits per heavy atom. The van der Waals surface area contributed by atoms with Gasteiger partial charge in [-0.2, -0.15) is 0 Å². The third-order valence-corrected chi connectivity index (χ3v) is 12.1. The summed E-state index contributed by atoms with van der Waals surface area (Å²) in [5.74, 6) is 0.772. The fourth-order valence-electron chi connectivity index (χ4n) is 8.64. The van der Waals surface area contributed by atoms with E-state index in [1.807, 2.05) is 12.4 Å². The Morgan fingerprint density at radius 1 is 0.632 bits per heavy atom. The first kappa shape index (κ1) is 38.1. The van der Waals surface area contributed by atoms with E-state index in [9.17, 15) is 0 Å². The molecule has 0 amide bonds. The number of imidazole rings is 1. The van der Waals surface area contributed by atoms with Crippen molar-refractivity contribution in [2.24, 2.45) is 0 Å². The molecule has 57 heavy (non-hydrogen) atoms. The second-order valence-electron chi connectivity index (χ2n) is 18.0. The standard InChI is InChI=1S/C50H54BN6/c1-34-18-17-19-35(2)46(34)51-55(10)44-25-24-39(50(9,37-22-15-12-16-23-37)57-32-40(27-29-53-57)49(6,7)8)30-41(44)47-54-43(33-56(47)51)45(36-20-13-11-14-21-36)42-31-38(26-28-52-42)48(3,4)5/h11-33,45H,1-10H3/q+1/t45-,50?/m0/s1. The van der Waals surface area contributed by atoms with Crippen molar-refractivity contribution in [1.29, 1.82) is 0 Å². The maximum atomic E-state index is 5.70. The van der Waals surface area contributed by atoms with Crippen LogP contribution in [0.5, 0.6) is 0 Å². The van der Waals surface area contributed by atoms with Crippen LogP contribution in [-0.2, 0) is 16.4 Å². The fraction of sp³-hybridized carbons (Fsp3) is 0.280. The quantitative estimate of drug-likeness (QED) is 0.120. The minimum atomic E-state index is -0.621. The van der Waals surface area contributed by atoms with Gasteiger partial charge in [-0.3, -0.25) is 4.98 Å². The van der Waals surface area contributed by atoms with Crippen LogP contribution in [0, 0.1) is 13.8 Å². The molecule has 8 rings (SSSR count). The van der Waals surface area contributed by atoms with Gasteiger partial charge in [0.1, 0.15) is 5.82 Å². The number of pyridine rings is 1. The molecule has 0 aliphatic carbocycles. The Kier molecular flexibility index (Phi) is 9.54. The highest BCUT2D eigenvalue weighted by molar-refractivity contribution is 6.77. The molecule has 1 unspecified atom stereocenters. The summed E-state index contributed by atoms with van der Waals surface area (Å²) < 4.78 is 4.56. The van der Waals surface area contributed by atoms with E-state index in [4.69, 9.17) is 15.1 Å². The molecule has 0 spiro atoms. The van der Waals surface area contributed by atoms with Crippen LogP contribution in [0.4, 0.5) is 5.69 Å². The lowest BCUT2D eigenvalue weighted by molar-refractivity contribution is -0.794. The third kappa shape index (κ3) is 6.77. The van der Waals surface area contributed by atoms with Crippen LogP contribution in [0.1, 0.15) is 105 Å². The van der Waals surface area contributed by atoms with E-state index in [1.165, 1.54) is 27.7 Å². The van der Waals surface area contributed by atoms with E-state index in [0.29, 0.717) is 0 Å². The molecule has 0 N–H and O–H groups in total. The Morgan fingerprint density at radius 2 is 1.28 bits per heavy atom. The normalized spacial score (nSPS) is 14.5. The van der Waals surface area contributed by atoms with Crippen molar-refractivity contribution in [2.45, 2.75) is 84.6 Å². The molecular weight excluding hydrogens is 695 g/mol. The van der Waals surface area contributed by atoms with Crippen molar-refractivity contribution < 1.29 is 4.68 Å². The second kappa shape index (κ2) is 14.3. The van der Waals surface area contributed by atoms with E-state index >= 15 is 0 Å². The van der Waals surface area contributed by atoms with E-state index < -0.39 is 5.54 Å². The highest BCUT2D eigenvalue weighted by Crippen LogP contribution is 2.42. The molecule has 1 aliphatic heterocycles. The number of rotatable bonds is 7. The van der Waals surface area contributed by atoms with Gasteiger partial charge in [0.15, 0.2) is 0 Å². The van der Waals surface area contributed by atoms with Crippen molar-refractivity contribution in [1.82, 2.24) is 19.5 Å². The van der Waals surface area contributed by atoms with Crippen LogP contribution in [0.15, 0.2) is 140 Å². The molecule has 0 saturated carbocycles. The summed E-state index contributed by atoms with van der Waals surface area (Å²) in [4.78, 5) is 13.2. The number of anilines is 1. The highest BCUT2D eigenvalue weighted by atomic mass is 15.3. The van der Waals surface area contributed by atoms with Crippen LogP contribution < -0.4 is 15.0 Å². The summed E-state index contributed by atoms with van der Waals surface area (Å²) in [7, 11) is 2.22. The second-order valence-corrected chi connectivity index (χ2v) is 18.0. The summed E-state index contributed by atoms with van der Waals surface area (Å²) in [5, 5.41) is 5.02. The van der Waals surface area contributed by atoms with Crippen LogP contribution in [0.3, 0.4) is 0 Å². The van der Waals surface area contributed by atoms with Gasteiger partial charge in [0.25, 0.3) is 0 Å². The zero-order valence-corrected chi connectivity index (χ0v) is 35.1. The van der Waals surface area contributed by atoms with Gasteiger partial charge in [-0.1, -0.05) is 136 Å². The topological polar surface area (TPSA) is 50.7 Å². The van der Waals surface area contributed by atoms with Crippen LogP contribution in [-0.4, -0.2) is 33.6 Å². The van der Waals surface area contributed by atoms with Gasteiger partial charge in [-0.05, 0) is 89.8 Å². The van der Waals surface area contributed by atoms with Gasteiger partial charge in [-0.15, -0.1) is 0 Å². The van der Waals surface area contributed by atoms with E-state index in [2.05, 4.69) is 211 Å². The summed E-state index contributed by atoms with van der Waals surface area (Å²) >= 11 is 0. The lowest BCUT2D eigenvalue weighted by Crippen LogP contribution is -2.59. The largest absolute Gasteiger partial charge is 0.417 e. The predicted molar refractivity (Wildman–Crippen MR) is 235 cm³/mol. The average Bonchev–Trinajstić information content (AvgIpc) is 3.63. The molecule has 4 heterocycles. The Bertz CT molecular complexity index is 2540. The van der Waals surface area contributed by atoms with Gasteiger partial charge in [0, 0.05) is 47.3 Å². The zero-order chi connectivity index (χ0) is 40.3. The first-order chi connectivity index (χ1) is 27.2. The first-order valence-corrected chi connectivity index (χ1v) is 20.1. The molecule has 0 saturated heterocycles. The number of nitrogens with zero attached hydrogens (tertiary/aromatic N) is 6. The van der Waals surface area contributed by atoms with Crippen molar-refractivity contribution in [3.63, 3.8) is 0 Å². The van der Waals surface area contributed by atoms with Gasteiger partial charge in [0.05, 0.1) is 23.5 Å². The number of aromatic nitrogens is 5. The molecule has 0 bridgehead atoms. The Hall–Kier alpha value is -5.82. The minimum absolute atomic E-state index is 0.0252. The number of aryl methyl sites for hydroxylation is 2. The smallest absolute Gasteiger partial charge is 0.394 e. The molecule has 7 heteroatoms. The van der Waals surface area contributed by atoms with E-state index in [0.717, 1.165) is 45.2 Å². The molecule has 6 nitrogen and oxygen atoms in total. The van der Waals surface area contributed by atoms with Gasteiger partial charge < -0.3 is 9.29 Å². The average molecular weight is 750 g/mol. The van der Waals surface area contributed by atoms with Gasteiger partial charge in [-0.25, -0.2) is 4.98 Å². The molecule has 0 fully saturated rings. The third-order valence-electron chi connectivity index (χ3n) is 12.1. The molecular formula is C50H54BN6+.